The van der Waals surface area contributed by atoms with Crippen LogP contribution < -0.4 is 11.1 Å². The van der Waals surface area contributed by atoms with Crippen LogP contribution in [0, 0.1) is 0 Å². The zero-order valence-corrected chi connectivity index (χ0v) is 14.5. The Kier molecular flexibility index (Phi) is 5.64. The van der Waals surface area contributed by atoms with Crippen LogP contribution in [-0.4, -0.2) is 40.6 Å². The first-order valence-electron chi connectivity index (χ1n) is 8.60. The number of carbonyl (C=O) groups excluding carboxylic acids is 1. The number of carbonyl (C=O) groups is 1. The molecule has 0 saturated carbocycles. The highest BCUT2D eigenvalue weighted by atomic mass is 19.4. The Hall–Kier alpha value is -2.62. The second-order valence-electron chi connectivity index (χ2n) is 6.44. The topological polar surface area (TPSA) is 97.3 Å². The molecule has 0 radical (unpaired) electrons. The van der Waals surface area contributed by atoms with Crippen molar-refractivity contribution in [3.05, 3.63) is 35.7 Å². The van der Waals surface area contributed by atoms with Crippen LogP contribution in [0.2, 0.25) is 0 Å². The predicted octanol–water partition coefficient (Wildman–Crippen LogP) is 2.88. The molecule has 10 heteroatoms. The predicted molar refractivity (Wildman–Crippen MR) is 91.8 cm³/mol. The molecule has 27 heavy (non-hydrogen) atoms. The summed E-state index contributed by atoms with van der Waals surface area (Å²) in [5.74, 6) is 0.214. The van der Waals surface area contributed by atoms with E-state index in [1.54, 1.807) is 0 Å². The third kappa shape index (κ3) is 4.97. The Labute approximate surface area is 153 Å². The number of hydrogen-bond donors (Lipinski definition) is 2. The summed E-state index contributed by atoms with van der Waals surface area (Å²) in [6.07, 6.45) is -2.81. The molecule has 1 amide bonds. The van der Waals surface area contributed by atoms with Crippen molar-refractivity contribution in [2.45, 2.75) is 31.4 Å². The number of halogens is 3. The molecular weight excluding hydrogens is 363 g/mol. The molecule has 1 aliphatic heterocycles. The summed E-state index contributed by atoms with van der Waals surface area (Å²) >= 11 is 0. The van der Waals surface area contributed by atoms with E-state index >= 15 is 0 Å². The first kappa shape index (κ1) is 19.2. The van der Waals surface area contributed by atoms with Crippen molar-refractivity contribution in [3.63, 3.8) is 0 Å². The zero-order chi connectivity index (χ0) is 19.4. The maximum absolute atomic E-state index is 13.0. The van der Waals surface area contributed by atoms with E-state index in [0.717, 1.165) is 32.0 Å². The van der Waals surface area contributed by atoms with Crippen molar-refractivity contribution in [1.29, 1.82) is 0 Å². The number of nitrogens with zero attached hydrogens (tertiary/aromatic N) is 3. The molecule has 2 aromatic rings. The van der Waals surface area contributed by atoms with Crippen LogP contribution in [0.3, 0.4) is 0 Å². The van der Waals surface area contributed by atoms with Gasteiger partial charge < -0.3 is 20.4 Å². The number of aromatic nitrogens is 2. The monoisotopic (exact) mass is 383 g/mol. The number of nitrogens with one attached hydrogen (secondary N) is 1. The van der Waals surface area contributed by atoms with Crippen molar-refractivity contribution in [2.75, 3.05) is 30.7 Å². The van der Waals surface area contributed by atoms with Gasteiger partial charge in [0.05, 0.1) is 11.3 Å². The third-order valence-corrected chi connectivity index (χ3v) is 4.55. The summed E-state index contributed by atoms with van der Waals surface area (Å²) in [4.78, 5) is 14.2. The molecule has 0 unspecified atom stereocenters. The summed E-state index contributed by atoms with van der Waals surface area (Å²) in [6, 6.07) is 5.00. The molecule has 0 aliphatic carbocycles. The highest BCUT2D eigenvalue weighted by Gasteiger charge is 2.33. The molecule has 1 aromatic carbocycles. The minimum Gasteiger partial charge on any atom is -0.408 e. The maximum Gasteiger partial charge on any atom is 0.418 e. The second-order valence-corrected chi connectivity index (χ2v) is 6.44. The van der Waals surface area contributed by atoms with Gasteiger partial charge in [-0.05, 0) is 38.1 Å². The summed E-state index contributed by atoms with van der Waals surface area (Å²) in [6.45, 7) is 1.94. The lowest BCUT2D eigenvalue weighted by Crippen LogP contribution is -2.35. The highest BCUT2D eigenvalue weighted by Crippen LogP contribution is 2.34. The van der Waals surface area contributed by atoms with E-state index in [4.69, 9.17) is 10.2 Å². The number of benzene rings is 1. The van der Waals surface area contributed by atoms with Crippen LogP contribution in [0.25, 0.3) is 0 Å². The van der Waals surface area contributed by atoms with E-state index in [1.165, 1.54) is 18.2 Å². The number of piperidine rings is 1. The standard InChI is InChI=1S/C17H20F3N5O2/c18-17(19,20)12-3-1-2-4-13(12)22-14(26)7-10-25-8-5-11(6-9-25)15-23-24-16(21)27-15/h1-4,11H,5-10H2,(H2,21,24)(H,22,26). The number of amides is 1. The van der Waals surface area contributed by atoms with Gasteiger partial charge >= 0.3 is 12.2 Å². The van der Waals surface area contributed by atoms with Gasteiger partial charge in [0.2, 0.25) is 11.8 Å². The van der Waals surface area contributed by atoms with E-state index in [1.807, 2.05) is 0 Å². The lowest BCUT2D eigenvalue weighted by molar-refractivity contribution is -0.137. The van der Waals surface area contributed by atoms with Crippen LogP contribution in [0.5, 0.6) is 0 Å². The van der Waals surface area contributed by atoms with E-state index in [9.17, 15) is 18.0 Å². The molecule has 0 atom stereocenters. The van der Waals surface area contributed by atoms with Gasteiger partial charge in [-0.2, -0.15) is 13.2 Å². The lowest BCUT2D eigenvalue weighted by atomic mass is 9.97. The van der Waals surface area contributed by atoms with E-state index in [0.29, 0.717) is 12.4 Å². The van der Waals surface area contributed by atoms with E-state index < -0.39 is 17.6 Å². The van der Waals surface area contributed by atoms with Crippen LogP contribution in [0.1, 0.15) is 36.6 Å². The Morgan fingerprint density at radius 3 is 2.59 bits per heavy atom. The number of nitrogen functional groups attached to an aromatic ring is 1. The van der Waals surface area contributed by atoms with Crippen molar-refractivity contribution < 1.29 is 22.4 Å². The van der Waals surface area contributed by atoms with Gasteiger partial charge in [-0.25, -0.2) is 0 Å². The molecule has 1 aliphatic rings. The van der Waals surface area contributed by atoms with Crippen molar-refractivity contribution in [1.82, 2.24) is 15.1 Å². The molecule has 0 bridgehead atoms. The van der Waals surface area contributed by atoms with Gasteiger partial charge in [-0.1, -0.05) is 17.2 Å². The van der Waals surface area contributed by atoms with Crippen LogP contribution in [0.15, 0.2) is 28.7 Å². The molecule has 1 fully saturated rings. The van der Waals surface area contributed by atoms with E-state index in [-0.39, 0.29) is 24.0 Å². The molecular formula is C17H20F3N5O2. The minimum atomic E-state index is -4.51. The second kappa shape index (κ2) is 7.95. The van der Waals surface area contributed by atoms with E-state index in [2.05, 4.69) is 20.4 Å². The summed E-state index contributed by atoms with van der Waals surface area (Å²) in [5, 5.41) is 9.91. The van der Waals surface area contributed by atoms with Gasteiger partial charge in [0.15, 0.2) is 0 Å². The van der Waals surface area contributed by atoms with Crippen LogP contribution in [-0.2, 0) is 11.0 Å². The number of anilines is 2. The first-order valence-corrected chi connectivity index (χ1v) is 8.60. The Morgan fingerprint density at radius 1 is 1.26 bits per heavy atom. The van der Waals surface area contributed by atoms with Crippen molar-refractivity contribution in [2.24, 2.45) is 0 Å². The molecule has 1 saturated heterocycles. The lowest BCUT2D eigenvalue weighted by Gasteiger charge is -2.30. The Balaban J connectivity index is 1.47. The number of para-hydroxylation sites is 1. The van der Waals surface area contributed by atoms with Crippen LogP contribution in [0.4, 0.5) is 24.9 Å². The van der Waals surface area contributed by atoms with Crippen molar-refractivity contribution >= 4 is 17.6 Å². The Bertz CT molecular complexity index is 785. The first-order chi connectivity index (χ1) is 12.8. The number of rotatable bonds is 5. The summed E-state index contributed by atoms with van der Waals surface area (Å²) < 4.78 is 44.1. The highest BCUT2D eigenvalue weighted by molar-refractivity contribution is 5.91. The average Bonchev–Trinajstić information content (AvgIpc) is 3.06. The number of nitrogens with two attached hydrogens (primary N) is 1. The Morgan fingerprint density at radius 2 is 1.96 bits per heavy atom. The van der Waals surface area contributed by atoms with Gasteiger partial charge in [-0.3, -0.25) is 4.79 Å². The SMILES string of the molecule is Nc1nnc(C2CCN(CCC(=O)Nc3ccccc3C(F)(F)F)CC2)o1. The van der Waals surface area contributed by atoms with Gasteiger partial charge in [0.25, 0.3) is 0 Å². The molecule has 2 heterocycles. The molecule has 3 N–H and O–H groups in total. The molecule has 3 rings (SSSR count). The normalized spacial score (nSPS) is 16.4. The van der Waals surface area contributed by atoms with Gasteiger partial charge in [-0.15, -0.1) is 5.10 Å². The van der Waals surface area contributed by atoms with Gasteiger partial charge in [0.1, 0.15) is 0 Å². The summed E-state index contributed by atoms with van der Waals surface area (Å²) in [7, 11) is 0. The molecule has 0 spiro atoms. The van der Waals surface area contributed by atoms with Crippen LogP contribution >= 0.6 is 0 Å². The fourth-order valence-electron chi connectivity index (χ4n) is 3.13. The largest absolute Gasteiger partial charge is 0.418 e. The number of alkyl halides is 3. The molecule has 1 aromatic heterocycles. The zero-order valence-electron chi connectivity index (χ0n) is 14.5. The smallest absolute Gasteiger partial charge is 0.408 e. The number of likely N-dealkylation sites (tertiary alicyclic amines) is 1. The quantitative estimate of drug-likeness (QED) is 0.824. The third-order valence-electron chi connectivity index (χ3n) is 4.55. The van der Waals surface area contributed by atoms with Gasteiger partial charge in [0, 0.05) is 18.9 Å². The maximum atomic E-state index is 13.0. The summed E-state index contributed by atoms with van der Waals surface area (Å²) in [5.41, 5.74) is 4.36. The van der Waals surface area contributed by atoms with Crippen molar-refractivity contribution in [3.8, 4) is 0 Å². The fourth-order valence-corrected chi connectivity index (χ4v) is 3.13. The fraction of sp³-hybridized carbons (Fsp3) is 0.471. The molecule has 146 valence electrons. The molecule has 7 nitrogen and oxygen atoms in total. The minimum absolute atomic E-state index is 0.0447. The number of hydrogen-bond acceptors (Lipinski definition) is 6. The average molecular weight is 383 g/mol.